The Morgan fingerprint density at radius 3 is 2.10 bits per heavy atom. The quantitative estimate of drug-likeness (QED) is 0.564. The Kier molecular flexibility index (Phi) is 6.46. The summed E-state index contributed by atoms with van der Waals surface area (Å²) in [4.78, 5) is 14.7. The number of hydrogen-bond donors (Lipinski definition) is 1. The van der Waals surface area contributed by atoms with Crippen molar-refractivity contribution in [3.05, 3.63) is 71.8 Å². The summed E-state index contributed by atoms with van der Waals surface area (Å²) in [5, 5.41) is 10.8. The number of ether oxygens (including phenoxy) is 1. The number of nitrogens with zero attached hydrogens (tertiary/aromatic N) is 1. The average Bonchev–Trinajstić information content (AvgIpc) is 3.05. The first kappa shape index (κ1) is 21.2. The highest BCUT2D eigenvalue weighted by molar-refractivity contribution is 6.83. The lowest BCUT2D eigenvalue weighted by Crippen LogP contribution is -2.45. The van der Waals surface area contributed by atoms with E-state index in [1.807, 2.05) is 67.6 Å². The van der Waals surface area contributed by atoms with Crippen LogP contribution in [0.25, 0.3) is 0 Å². The summed E-state index contributed by atoms with van der Waals surface area (Å²) in [5.74, 6) is 3.24. The summed E-state index contributed by atoms with van der Waals surface area (Å²) in [6.45, 7) is 8.36. The van der Waals surface area contributed by atoms with Crippen molar-refractivity contribution >= 4 is 14.2 Å². The first-order valence-corrected chi connectivity index (χ1v) is 13.6. The maximum absolute atomic E-state index is 13.1. The van der Waals surface area contributed by atoms with Gasteiger partial charge in [-0.25, -0.2) is 4.79 Å². The van der Waals surface area contributed by atoms with Crippen molar-refractivity contribution in [3.63, 3.8) is 0 Å². The summed E-state index contributed by atoms with van der Waals surface area (Å²) >= 11 is 0. The Morgan fingerprint density at radius 2 is 1.59 bits per heavy atom. The molecule has 3 rings (SSSR count). The smallest absolute Gasteiger partial charge is 0.412 e. The van der Waals surface area contributed by atoms with Gasteiger partial charge in [-0.05, 0) is 17.5 Å². The number of benzene rings is 2. The normalized spacial score (nSPS) is 21.1. The van der Waals surface area contributed by atoms with Gasteiger partial charge in [-0.1, -0.05) is 93.1 Å². The molecular weight excluding hydrogens is 378 g/mol. The van der Waals surface area contributed by atoms with Gasteiger partial charge in [-0.15, -0.1) is 5.54 Å². The van der Waals surface area contributed by atoms with E-state index >= 15 is 0 Å². The van der Waals surface area contributed by atoms with Crippen LogP contribution in [0.2, 0.25) is 19.6 Å². The summed E-state index contributed by atoms with van der Waals surface area (Å²) in [7, 11) is -1.68. The van der Waals surface area contributed by atoms with Gasteiger partial charge < -0.3 is 9.84 Å². The van der Waals surface area contributed by atoms with Crippen LogP contribution in [0.3, 0.4) is 0 Å². The summed E-state index contributed by atoms with van der Waals surface area (Å²) in [5.41, 5.74) is 5.24. The van der Waals surface area contributed by atoms with Crippen LogP contribution in [-0.2, 0) is 4.74 Å². The van der Waals surface area contributed by atoms with Crippen molar-refractivity contribution in [1.82, 2.24) is 4.90 Å². The molecule has 0 radical (unpaired) electrons. The van der Waals surface area contributed by atoms with Gasteiger partial charge in [0.25, 0.3) is 0 Å². The molecule has 0 aromatic heterocycles. The van der Waals surface area contributed by atoms with Gasteiger partial charge in [0.15, 0.2) is 6.10 Å². The van der Waals surface area contributed by atoms with Crippen molar-refractivity contribution in [2.24, 2.45) is 0 Å². The molecule has 1 saturated heterocycles. The lowest BCUT2D eigenvalue weighted by molar-refractivity contribution is 0.0791. The van der Waals surface area contributed by atoms with Gasteiger partial charge in [-0.2, -0.15) is 0 Å². The van der Waals surface area contributed by atoms with Crippen LogP contribution in [0.5, 0.6) is 0 Å². The lowest BCUT2D eigenvalue weighted by Gasteiger charge is -2.32. The van der Waals surface area contributed by atoms with Gasteiger partial charge in [0.1, 0.15) is 20.2 Å². The average molecular weight is 408 g/mol. The highest BCUT2D eigenvalue weighted by atomic mass is 28.3. The molecule has 1 aliphatic heterocycles. The maximum Gasteiger partial charge on any atom is 0.412 e. The van der Waals surface area contributed by atoms with Crippen molar-refractivity contribution in [1.29, 1.82) is 0 Å². The molecule has 2 aromatic carbocycles. The molecule has 0 unspecified atom stereocenters. The first-order valence-electron chi connectivity index (χ1n) is 10.1. The van der Waals surface area contributed by atoms with Crippen LogP contribution in [0.15, 0.2) is 60.7 Å². The maximum atomic E-state index is 13.1. The minimum atomic E-state index is -1.68. The molecule has 2 aromatic rings. The Hall–Kier alpha value is -2.55. The highest BCUT2D eigenvalue weighted by Crippen LogP contribution is 2.44. The van der Waals surface area contributed by atoms with Gasteiger partial charge in [0.2, 0.25) is 0 Å². The van der Waals surface area contributed by atoms with Crippen LogP contribution < -0.4 is 0 Å². The second-order valence-electron chi connectivity index (χ2n) is 8.42. The topological polar surface area (TPSA) is 49.8 Å². The molecule has 1 N–H and O–H groups in total. The number of hydrogen-bond acceptors (Lipinski definition) is 3. The third kappa shape index (κ3) is 4.90. The minimum absolute atomic E-state index is 0.353. The highest BCUT2D eigenvalue weighted by Gasteiger charge is 2.47. The molecule has 0 aliphatic carbocycles. The van der Waals surface area contributed by atoms with E-state index in [2.05, 4.69) is 31.1 Å². The summed E-state index contributed by atoms with van der Waals surface area (Å²) in [6, 6.07) is 18.7. The van der Waals surface area contributed by atoms with Gasteiger partial charge in [0.05, 0.1) is 6.10 Å². The van der Waals surface area contributed by atoms with Crippen molar-refractivity contribution in [2.45, 2.75) is 57.3 Å². The van der Waals surface area contributed by atoms with E-state index in [-0.39, 0.29) is 6.04 Å². The van der Waals surface area contributed by atoms with Crippen molar-refractivity contribution < 1.29 is 14.6 Å². The molecule has 1 heterocycles. The number of carbonyl (C=O) groups is 1. The van der Waals surface area contributed by atoms with E-state index in [0.717, 1.165) is 11.1 Å². The fourth-order valence-electron chi connectivity index (χ4n) is 3.52. The number of aliphatic hydroxyl groups is 1. The Labute approximate surface area is 174 Å². The van der Waals surface area contributed by atoms with E-state index in [1.54, 1.807) is 4.90 Å². The van der Waals surface area contributed by atoms with Gasteiger partial charge in [-0.3, -0.25) is 4.90 Å². The molecule has 0 saturated carbocycles. The molecule has 4 nitrogen and oxygen atoms in total. The Balaban J connectivity index is 2.10. The van der Waals surface area contributed by atoms with E-state index in [1.165, 1.54) is 0 Å². The standard InChI is InChI=1S/C24H29NO3Si/c1-5-21(26)20(16-17-29(2,3)4)25-22(18-12-8-6-9-13-18)23(28-24(25)27)19-14-10-7-11-15-19/h6-15,20-23,26H,5H2,1-4H3/t20-,21-,22-,23+/m1/s1. The molecule has 0 spiro atoms. The number of aliphatic hydroxyl groups excluding tert-OH is 1. The molecule has 5 heteroatoms. The molecule has 1 fully saturated rings. The van der Waals surface area contributed by atoms with Crippen LogP contribution >= 0.6 is 0 Å². The molecule has 152 valence electrons. The first-order chi connectivity index (χ1) is 13.8. The fourth-order valence-corrected chi connectivity index (χ4v) is 4.10. The largest absolute Gasteiger partial charge is 0.439 e. The zero-order valence-corrected chi connectivity index (χ0v) is 18.5. The SMILES string of the molecule is CC[C@@H](O)[C@@H](C#C[Si](C)(C)C)N1C(=O)O[C@@H](c2ccccc2)[C@H]1c1ccccc1. The molecule has 4 atom stereocenters. The van der Waals surface area contributed by atoms with E-state index in [4.69, 9.17) is 4.74 Å². The van der Waals surface area contributed by atoms with Crippen LogP contribution in [0.4, 0.5) is 4.79 Å². The van der Waals surface area contributed by atoms with Crippen LogP contribution in [-0.4, -0.2) is 36.3 Å². The second kappa shape index (κ2) is 8.85. The number of carbonyl (C=O) groups excluding carboxylic acids is 1. The Bertz CT molecular complexity index is 883. The monoisotopic (exact) mass is 407 g/mol. The van der Waals surface area contributed by atoms with Crippen LogP contribution in [0.1, 0.15) is 36.6 Å². The summed E-state index contributed by atoms with van der Waals surface area (Å²) < 4.78 is 5.85. The summed E-state index contributed by atoms with van der Waals surface area (Å²) in [6.07, 6.45) is -1.12. The predicted molar refractivity (Wildman–Crippen MR) is 118 cm³/mol. The number of cyclic esters (lactones) is 1. The van der Waals surface area contributed by atoms with Crippen molar-refractivity contribution in [2.75, 3.05) is 0 Å². The third-order valence-corrected chi connectivity index (χ3v) is 5.87. The molecular formula is C24H29NO3Si. The number of amides is 1. The van der Waals surface area contributed by atoms with E-state index in [9.17, 15) is 9.90 Å². The molecule has 29 heavy (non-hydrogen) atoms. The van der Waals surface area contributed by atoms with Crippen LogP contribution in [0, 0.1) is 11.5 Å². The number of rotatable bonds is 5. The fraction of sp³-hybridized carbons (Fsp3) is 0.375. The van der Waals surface area contributed by atoms with Crippen molar-refractivity contribution in [3.8, 4) is 11.5 Å². The third-order valence-electron chi connectivity index (χ3n) is 4.97. The van der Waals surface area contributed by atoms with E-state index in [0.29, 0.717) is 6.42 Å². The molecule has 0 bridgehead atoms. The Morgan fingerprint density at radius 1 is 1.03 bits per heavy atom. The zero-order chi connectivity index (χ0) is 21.0. The second-order valence-corrected chi connectivity index (χ2v) is 13.2. The van der Waals surface area contributed by atoms with Gasteiger partial charge >= 0.3 is 6.09 Å². The van der Waals surface area contributed by atoms with Gasteiger partial charge in [0, 0.05) is 0 Å². The minimum Gasteiger partial charge on any atom is -0.439 e. The molecule has 1 aliphatic rings. The zero-order valence-electron chi connectivity index (χ0n) is 17.5. The lowest BCUT2D eigenvalue weighted by atomic mass is 9.93. The molecule has 1 amide bonds. The van der Waals surface area contributed by atoms with E-state index < -0.39 is 32.4 Å². The predicted octanol–water partition coefficient (Wildman–Crippen LogP) is 4.94.